The summed E-state index contributed by atoms with van der Waals surface area (Å²) < 4.78 is 39.2. The number of carbonyl (C=O) groups is 1. The van der Waals surface area contributed by atoms with Gasteiger partial charge in [-0.2, -0.15) is 18.2 Å². The van der Waals surface area contributed by atoms with Crippen LogP contribution in [0.25, 0.3) is 17.1 Å². The second kappa shape index (κ2) is 7.26. The zero-order valence-corrected chi connectivity index (χ0v) is 15.4. The molecule has 10 heteroatoms. The maximum Gasteiger partial charge on any atom is 0.405 e. The zero-order valence-electron chi connectivity index (χ0n) is 15.4. The molecule has 3 aliphatic rings. The second-order valence-corrected chi connectivity index (χ2v) is 6.85. The molecule has 0 aliphatic carbocycles. The van der Waals surface area contributed by atoms with Gasteiger partial charge in [0, 0.05) is 24.8 Å². The fourth-order valence-corrected chi connectivity index (χ4v) is 3.45. The van der Waals surface area contributed by atoms with Gasteiger partial charge in [0.15, 0.2) is 5.82 Å². The summed E-state index contributed by atoms with van der Waals surface area (Å²) in [4.78, 5) is 22.6. The third-order valence-electron chi connectivity index (χ3n) is 4.82. The SMILES string of the molecule is Nc1nc(NCC(F)(F)F)c2ccnc-2n1-c1ccc(C(=O)N2CCCC2)cc1. The van der Waals surface area contributed by atoms with E-state index in [0.717, 1.165) is 25.9 Å². The smallest absolute Gasteiger partial charge is 0.369 e. The Hall–Kier alpha value is -3.30. The lowest BCUT2D eigenvalue weighted by Crippen LogP contribution is -2.27. The molecule has 1 aromatic rings. The first-order valence-corrected chi connectivity index (χ1v) is 9.17. The quantitative estimate of drug-likeness (QED) is 0.697. The van der Waals surface area contributed by atoms with Crippen LogP contribution in [-0.2, 0) is 0 Å². The Balaban J connectivity index is 1.65. The number of nitrogens with zero attached hydrogens (tertiary/aromatic N) is 4. The van der Waals surface area contributed by atoms with Gasteiger partial charge < -0.3 is 16.0 Å². The lowest BCUT2D eigenvalue weighted by atomic mass is 10.1. The average molecular weight is 404 g/mol. The number of anilines is 2. The van der Waals surface area contributed by atoms with Crippen LogP contribution in [0.4, 0.5) is 24.9 Å². The molecule has 1 amide bonds. The van der Waals surface area contributed by atoms with Crippen LogP contribution in [-0.4, -0.2) is 51.2 Å². The molecule has 3 N–H and O–H groups in total. The van der Waals surface area contributed by atoms with Gasteiger partial charge in [0.25, 0.3) is 5.91 Å². The molecule has 0 atom stereocenters. The summed E-state index contributed by atoms with van der Waals surface area (Å²) in [6, 6.07) is 8.42. The van der Waals surface area contributed by atoms with Crippen molar-refractivity contribution in [1.82, 2.24) is 19.4 Å². The molecule has 0 radical (unpaired) electrons. The van der Waals surface area contributed by atoms with Crippen molar-refractivity contribution >= 4 is 17.7 Å². The highest BCUT2D eigenvalue weighted by Gasteiger charge is 2.28. The van der Waals surface area contributed by atoms with E-state index >= 15 is 0 Å². The van der Waals surface area contributed by atoms with E-state index in [4.69, 9.17) is 5.73 Å². The predicted octanol–water partition coefficient (Wildman–Crippen LogP) is 3.16. The number of aromatic nitrogens is 3. The van der Waals surface area contributed by atoms with Gasteiger partial charge in [0.1, 0.15) is 12.4 Å². The fraction of sp³-hybridized carbons (Fsp3) is 0.316. The molecule has 0 aromatic heterocycles. The fourth-order valence-electron chi connectivity index (χ4n) is 3.45. The molecule has 3 heterocycles. The molecule has 4 rings (SSSR count). The lowest BCUT2D eigenvalue weighted by Gasteiger charge is -2.19. The minimum absolute atomic E-state index is 0.0144. The topological polar surface area (TPSA) is 89.1 Å². The van der Waals surface area contributed by atoms with Crippen molar-refractivity contribution < 1.29 is 18.0 Å². The summed E-state index contributed by atoms with van der Waals surface area (Å²) in [6.45, 7) is 0.296. The molecule has 1 aromatic carbocycles. The molecule has 0 spiro atoms. The Morgan fingerprint density at radius 3 is 2.48 bits per heavy atom. The number of carbonyl (C=O) groups excluding carboxylic acids is 1. The van der Waals surface area contributed by atoms with Gasteiger partial charge in [0.2, 0.25) is 5.95 Å². The third kappa shape index (κ3) is 3.82. The first-order chi connectivity index (χ1) is 13.8. The molecule has 0 unspecified atom stereocenters. The number of nitrogen functional groups attached to an aromatic ring is 1. The first-order valence-electron chi connectivity index (χ1n) is 9.17. The van der Waals surface area contributed by atoms with Crippen LogP contribution in [0.5, 0.6) is 0 Å². The monoisotopic (exact) mass is 404 g/mol. The summed E-state index contributed by atoms with van der Waals surface area (Å²) in [5.41, 5.74) is 7.63. The van der Waals surface area contributed by atoms with Gasteiger partial charge in [-0.15, -0.1) is 0 Å². The number of rotatable bonds is 4. The molecule has 1 saturated heterocycles. The highest BCUT2D eigenvalue weighted by atomic mass is 19.4. The highest BCUT2D eigenvalue weighted by molar-refractivity contribution is 5.94. The number of hydrogen-bond donors (Lipinski definition) is 2. The second-order valence-electron chi connectivity index (χ2n) is 6.85. The summed E-state index contributed by atoms with van der Waals surface area (Å²) in [7, 11) is 0. The predicted molar refractivity (Wildman–Crippen MR) is 102 cm³/mol. The molecule has 3 aliphatic heterocycles. The van der Waals surface area contributed by atoms with Crippen LogP contribution in [0.3, 0.4) is 0 Å². The van der Waals surface area contributed by atoms with Gasteiger partial charge in [-0.25, -0.2) is 4.98 Å². The molecular formula is C19H19F3N6O. The summed E-state index contributed by atoms with van der Waals surface area (Å²) in [5, 5.41) is 2.27. The molecule has 7 nitrogen and oxygen atoms in total. The van der Waals surface area contributed by atoms with E-state index in [1.807, 2.05) is 4.90 Å². The number of nitrogens with two attached hydrogens (primary N) is 1. The van der Waals surface area contributed by atoms with Gasteiger partial charge in [-0.1, -0.05) is 0 Å². The van der Waals surface area contributed by atoms with Crippen LogP contribution < -0.4 is 11.1 Å². The van der Waals surface area contributed by atoms with Gasteiger partial charge in [0.05, 0.1) is 11.3 Å². The Morgan fingerprint density at radius 2 is 1.83 bits per heavy atom. The number of alkyl halides is 3. The standard InChI is InChI=1S/C19H19F3N6O/c20-19(21,22)11-25-15-14-7-8-24-16(14)28(18(23)26-15)13-5-3-12(4-6-13)17(29)27-9-1-2-10-27/h3-8,25H,1-2,9-11H2,(H2,23,26). The van der Waals surface area contributed by atoms with Crippen molar-refractivity contribution in [3.05, 3.63) is 42.1 Å². The van der Waals surface area contributed by atoms with Gasteiger partial charge in [-0.3, -0.25) is 9.36 Å². The summed E-state index contributed by atoms with van der Waals surface area (Å²) in [5.74, 6) is 0.359. The lowest BCUT2D eigenvalue weighted by molar-refractivity contribution is -0.115. The van der Waals surface area contributed by atoms with Crippen molar-refractivity contribution in [2.45, 2.75) is 19.0 Å². The Bertz CT molecular complexity index is 992. The maximum absolute atomic E-state index is 12.6. The first kappa shape index (κ1) is 19.0. The molecule has 1 fully saturated rings. The number of nitrogens with one attached hydrogen (secondary N) is 1. The Labute approximate surface area is 164 Å². The number of benzene rings is 1. The van der Waals surface area contributed by atoms with Crippen molar-refractivity contribution in [2.75, 3.05) is 30.7 Å². The van der Waals surface area contributed by atoms with E-state index in [0.29, 0.717) is 22.6 Å². The molecule has 152 valence electrons. The number of amides is 1. The van der Waals surface area contributed by atoms with E-state index in [2.05, 4.69) is 15.3 Å². The molecular weight excluding hydrogens is 385 g/mol. The minimum Gasteiger partial charge on any atom is -0.369 e. The number of halogens is 3. The van der Waals surface area contributed by atoms with Gasteiger partial charge >= 0.3 is 6.18 Å². The molecule has 0 saturated carbocycles. The van der Waals surface area contributed by atoms with E-state index in [-0.39, 0.29) is 17.7 Å². The van der Waals surface area contributed by atoms with Crippen molar-refractivity contribution in [3.63, 3.8) is 0 Å². The van der Waals surface area contributed by atoms with Crippen molar-refractivity contribution in [2.24, 2.45) is 0 Å². The Morgan fingerprint density at radius 1 is 1.14 bits per heavy atom. The summed E-state index contributed by atoms with van der Waals surface area (Å²) in [6.07, 6.45) is -0.882. The highest BCUT2D eigenvalue weighted by Crippen LogP contribution is 2.32. The molecule has 29 heavy (non-hydrogen) atoms. The minimum atomic E-state index is -4.38. The van der Waals surface area contributed by atoms with Gasteiger partial charge in [-0.05, 0) is 43.2 Å². The van der Waals surface area contributed by atoms with Crippen molar-refractivity contribution in [1.29, 1.82) is 0 Å². The number of fused-ring (bicyclic) bond motifs is 1. The van der Waals surface area contributed by atoms with Crippen LogP contribution in [0.15, 0.2) is 36.5 Å². The van der Waals surface area contributed by atoms with Crippen LogP contribution >= 0.6 is 0 Å². The normalized spacial score (nSPS) is 14.5. The van der Waals surface area contributed by atoms with E-state index in [1.54, 1.807) is 30.3 Å². The average Bonchev–Trinajstić information content (AvgIpc) is 3.37. The van der Waals surface area contributed by atoms with E-state index in [1.165, 1.54) is 10.8 Å². The summed E-state index contributed by atoms with van der Waals surface area (Å²) >= 11 is 0. The van der Waals surface area contributed by atoms with Crippen LogP contribution in [0.1, 0.15) is 23.2 Å². The maximum atomic E-state index is 12.6. The van der Waals surface area contributed by atoms with E-state index < -0.39 is 12.7 Å². The van der Waals surface area contributed by atoms with Crippen LogP contribution in [0.2, 0.25) is 0 Å². The molecule has 0 bridgehead atoms. The zero-order chi connectivity index (χ0) is 20.6. The third-order valence-corrected chi connectivity index (χ3v) is 4.82. The van der Waals surface area contributed by atoms with Crippen molar-refractivity contribution in [3.8, 4) is 17.1 Å². The van der Waals surface area contributed by atoms with E-state index in [9.17, 15) is 18.0 Å². The number of hydrogen-bond acceptors (Lipinski definition) is 5. The number of likely N-dealkylation sites (tertiary alicyclic amines) is 1. The Kier molecular flexibility index (Phi) is 4.77. The largest absolute Gasteiger partial charge is 0.405 e. The van der Waals surface area contributed by atoms with Crippen LogP contribution in [0, 0.1) is 0 Å².